The van der Waals surface area contributed by atoms with E-state index in [2.05, 4.69) is 13.0 Å². The van der Waals surface area contributed by atoms with Crippen LogP contribution in [-0.4, -0.2) is 11.1 Å². The Morgan fingerprint density at radius 2 is 2.23 bits per heavy atom. The van der Waals surface area contributed by atoms with Crippen LogP contribution in [0.15, 0.2) is 23.8 Å². The zero-order valence-electron chi connectivity index (χ0n) is 8.21. The van der Waals surface area contributed by atoms with Gasteiger partial charge in [0.25, 0.3) is 5.91 Å². The molecule has 3 heteroatoms. The molecule has 0 radical (unpaired) electrons. The van der Waals surface area contributed by atoms with Gasteiger partial charge in [-0.2, -0.15) is 0 Å². The highest BCUT2D eigenvalue weighted by Crippen LogP contribution is 2.05. The normalized spacial score (nSPS) is 12.1. The van der Waals surface area contributed by atoms with Crippen LogP contribution in [0.3, 0.4) is 0 Å². The third-order valence-corrected chi connectivity index (χ3v) is 1.81. The molecule has 0 bridgehead atoms. The number of carbonyl (C=O) groups is 1. The zero-order chi connectivity index (χ0) is 10.1. The van der Waals surface area contributed by atoms with E-state index in [0.29, 0.717) is 0 Å². The average Bonchev–Trinajstić information content (AvgIpc) is 2.16. The summed E-state index contributed by atoms with van der Waals surface area (Å²) >= 11 is 0. The Hall–Kier alpha value is -1.09. The fraction of sp³-hybridized carbons (Fsp3) is 0.500. The number of amides is 1. The van der Waals surface area contributed by atoms with E-state index >= 15 is 0 Å². The first-order chi connectivity index (χ1) is 6.20. The molecule has 2 N–H and O–H groups in total. The van der Waals surface area contributed by atoms with E-state index in [4.69, 9.17) is 5.21 Å². The number of hydroxylamine groups is 1. The van der Waals surface area contributed by atoms with Crippen molar-refractivity contribution in [3.8, 4) is 0 Å². The van der Waals surface area contributed by atoms with Gasteiger partial charge < -0.3 is 0 Å². The second-order valence-electron chi connectivity index (χ2n) is 2.91. The highest BCUT2D eigenvalue weighted by molar-refractivity contribution is 5.86. The molecule has 0 aromatic heterocycles. The van der Waals surface area contributed by atoms with Crippen LogP contribution in [0.5, 0.6) is 0 Å². The van der Waals surface area contributed by atoms with Crippen molar-refractivity contribution < 1.29 is 10.0 Å². The van der Waals surface area contributed by atoms with Gasteiger partial charge in [0.05, 0.1) is 0 Å². The second-order valence-corrected chi connectivity index (χ2v) is 2.91. The molecule has 0 heterocycles. The maximum absolute atomic E-state index is 10.5. The number of allylic oxidation sites excluding steroid dienone is 3. The van der Waals surface area contributed by atoms with E-state index in [1.54, 1.807) is 6.08 Å². The first-order valence-electron chi connectivity index (χ1n) is 4.43. The van der Waals surface area contributed by atoms with Gasteiger partial charge in [0.15, 0.2) is 0 Å². The molecule has 0 saturated heterocycles. The van der Waals surface area contributed by atoms with E-state index < -0.39 is 5.91 Å². The summed E-state index contributed by atoms with van der Waals surface area (Å²) in [6.07, 6.45) is 8.13. The smallest absolute Gasteiger partial charge is 0.267 e. The van der Waals surface area contributed by atoms with Crippen LogP contribution in [0.2, 0.25) is 0 Å². The maximum Gasteiger partial charge on any atom is 0.267 e. The predicted molar refractivity (Wildman–Crippen MR) is 52.4 cm³/mol. The third-order valence-electron chi connectivity index (χ3n) is 1.81. The molecule has 0 spiro atoms. The Balaban J connectivity index is 3.46. The fourth-order valence-corrected chi connectivity index (χ4v) is 0.871. The average molecular weight is 183 g/mol. The summed E-state index contributed by atoms with van der Waals surface area (Å²) in [5.41, 5.74) is 2.90. The minimum atomic E-state index is -0.470. The van der Waals surface area contributed by atoms with Gasteiger partial charge in [-0.05, 0) is 33.1 Å². The Bertz CT molecular complexity index is 207. The molecule has 13 heavy (non-hydrogen) atoms. The van der Waals surface area contributed by atoms with Crippen molar-refractivity contribution in [3.63, 3.8) is 0 Å². The quantitative estimate of drug-likeness (QED) is 0.226. The molecule has 0 rings (SSSR count). The largest absolute Gasteiger partial charge is 0.288 e. The van der Waals surface area contributed by atoms with Gasteiger partial charge in [0.2, 0.25) is 0 Å². The number of nitrogens with one attached hydrogen (secondary N) is 1. The molecule has 0 aromatic carbocycles. The molecule has 74 valence electrons. The van der Waals surface area contributed by atoms with Gasteiger partial charge in [0, 0.05) is 6.08 Å². The maximum atomic E-state index is 10.5. The third kappa shape index (κ3) is 7.28. The lowest BCUT2D eigenvalue weighted by molar-refractivity contribution is -0.124. The van der Waals surface area contributed by atoms with Gasteiger partial charge in [-0.1, -0.05) is 17.7 Å². The van der Waals surface area contributed by atoms with Crippen molar-refractivity contribution in [1.29, 1.82) is 0 Å². The zero-order valence-corrected chi connectivity index (χ0v) is 8.21. The minimum Gasteiger partial charge on any atom is -0.288 e. The SMILES string of the molecule is CC=C(C)CCC/C=C/C(=O)NO. The number of carbonyl (C=O) groups excluding carboxylic acids is 1. The van der Waals surface area contributed by atoms with Crippen LogP contribution >= 0.6 is 0 Å². The van der Waals surface area contributed by atoms with Gasteiger partial charge in [-0.3, -0.25) is 10.0 Å². The van der Waals surface area contributed by atoms with Crippen molar-refractivity contribution in [2.24, 2.45) is 0 Å². The first-order valence-corrected chi connectivity index (χ1v) is 4.43. The lowest BCUT2D eigenvalue weighted by Crippen LogP contribution is -2.14. The van der Waals surface area contributed by atoms with Gasteiger partial charge in [-0.15, -0.1) is 0 Å². The van der Waals surface area contributed by atoms with Crippen LogP contribution in [0, 0.1) is 0 Å². The summed E-state index contributed by atoms with van der Waals surface area (Å²) in [5, 5.41) is 8.16. The van der Waals surface area contributed by atoms with Crippen molar-refractivity contribution in [2.75, 3.05) is 0 Å². The van der Waals surface area contributed by atoms with Crippen molar-refractivity contribution in [2.45, 2.75) is 33.1 Å². The summed E-state index contributed by atoms with van der Waals surface area (Å²) in [6, 6.07) is 0. The van der Waals surface area contributed by atoms with Crippen LogP contribution in [-0.2, 0) is 4.79 Å². The van der Waals surface area contributed by atoms with Gasteiger partial charge in [0.1, 0.15) is 0 Å². The topological polar surface area (TPSA) is 49.3 Å². The highest BCUT2D eigenvalue weighted by Gasteiger charge is 1.90. The van der Waals surface area contributed by atoms with Crippen molar-refractivity contribution >= 4 is 5.91 Å². The van der Waals surface area contributed by atoms with Crippen LogP contribution in [0.1, 0.15) is 33.1 Å². The molecule has 0 aliphatic heterocycles. The summed E-state index contributed by atoms with van der Waals surface area (Å²) in [5.74, 6) is -0.470. The Morgan fingerprint density at radius 1 is 1.54 bits per heavy atom. The molecule has 0 aliphatic carbocycles. The fourth-order valence-electron chi connectivity index (χ4n) is 0.871. The van der Waals surface area contributed by atoms with Gasteiger partial charge >= 0.3 is 0 Å². The number of hydrogen-bond donors (Lipinski definition) is 2. The summed E-state index contributed by atoms with van der Waals surface area (Å²) in [6.45, 7) is 4.11. The molecule has 0 fully saturated rings. The summed E-state index contributed by atoms with van der Waals surface area (Å²) < 4.78 is 0. The predicted octanol–water partition coefficient (Wildman–Crippen LogP) is 2.18. The summed E-state index contributed by atoms with van der Waals surface area (Å²) in [4.78, 5) is 10.5. The molecule has 0 saturated carbocycles. The van der Waals surface area contributed by atoms with E-state index in [9.17, 15) is 4.79 Å². The van der Waals surface area contributed by atoms with Gasteiger partial charge in [-0.25, -0.2) is 5.48 Å². The molecule has 3 nitrogen and oxygen atoms in total. The van der Waals surface area contributed by atoms with Crippen molar-refractivity contribution in [3.05, 3.63) is 23.8 Å². The Kier molecular flexibility index (Phi) is 6.92. The van der Waals surface area contributed by atoms with E-state index in [0.717, 1.165) is 19.3 Å². The number of hydrogen-bond acceptors (Lipinski definition) is 2. The molecule has 1 amide bonds. The monoisotopic (exact) mass is 183 g/mol. The van der Waals surface area contributed by atoms with Crippen LogP contribution < -0.4 is 5.48 Å². The van der Waals surface area contributed by atoms with E-state index in [-0.39, 0.29) is 0 Å². The molecule has 0 aromatic rings. The summed E-state index contributed by atoms with van der Waals surface area (Å²) in [7, 11) is 0. The second kappa shape index (κ2) is 7.55. The standard InChI is InChI=1S/C10H17NO2/c1-3-9(2)7-5-4-6-8-10(12)11-13/h3,6,8,13H,4-5,7H2,1-2H3,(H,11,12)/b8-6+,9-3?. The number of rotatable bonds is 5. The molecule has 0 atom stereocenters. The highest BCUT2D eigenvalue weighted by atomic mass is 16.5. The van der Waals surface area contributed by atoms with E-state index in [1.807, 2.05) is 6.92 Å². The molecular weight excluding hydrogens is 166 g/mol. The Labute approximate surface area is 79.1 Å². The molecular formula is C10H17NO2. The minimum absolute atomic E-state index is 0.470. The lowest BCUT2D eigenvalue weighted by Gasteiger charge is -1.96. The number of unbranched alkanes of at least 4 members (excludes halogenated alkanes) is 1. The van der Waals surface area contributed by atoms with E-state index in [1.165, 1.54) is 17.1 Å². The first kappa shape index (κ1) is 11.9. The Morgan fingerprint density at radius 3 is 2.77 bits per heavy atom. The van der Waals surface area contributed by atoms with Crippen LogP contribution in [0.4, 0.5) is 0 Å². The lowest BCUT2D eigenvalue weighted by atomic mass is 10.1. The van der Waals surface area contributed by atoms with Crippen LogP contribution in [0.25, 0.3) is 0 Å². The van der Waals surface area contributed by atoms with Crippen molar-refractivity contribution in [1.82, 2.24) is 5.48 Å². The molecule has 0 aliphatic rings. The molecule has 0 unspecified atom stereocenters.